The maximum atomic E-state index is 14.6. The summed E-state index contributed by atoms with van der Waals surface area (Å²) in [4.78, 5) is 29.6. The van der Waals surface area contributed by atoms with Crippen LogP contribution in [0.4, 0.5) is 4.79 Å². The van der Waals surface area contributed by atoms with Crippen LogP contribution in [0.5, 0.6) is 5.75 Å². The van der Waals surface area contributed by atoms with E-state index >= 15 is 0 Å². The fourth-order valence-corrected chi connectivity index (χ4v) is 6.59. The topological polar surface area (TPSA) is 109 Å². The predicted octanol–water partition coefficient (Wildman–Crippen LogP) is 6.38. The molecule has 50 heavy (non-hydrogen) atoms. The van der Waals surface area contributed by atoms with Gasteiger partial charge in [-0.25, -0.2) is 9.31 Å². The van der Waals surface area contributed by atoms with Gasteiger partial charge in [-0.05, 0) is 82.1 Å². The minimum atomic E-state index is -0.641. The molecule has 1 unspecified atom stereocenters. The molecule has 6 aromatic rings. The Morgan fingerprint density at radius 2 is 1.66 bits per heavy atom. The number of hydrogen-bond donors (Lipinski definition) is 0. The minimum Gasteiger partial charge on any atom is -0.497 e. The lowest BCUT2D eigenvalue weighted by Crippen LogP contribution is -2.48. The Hall–Kier alpha value is -5.71. The monoisotopic (exact) mass is 671 g/mol. The third-order valence-corrected chi connectivity index (χ3v) is 9.13. The fraction of sp³-hybridized carbons (Fsp3) is 0.308. The molecule has 11 nitrogen and oxygen atoms in total. The van der Waals surface area contributed by atoms with Crippen molar-refractivity contribution in [3.63, 3.8) is 0 Å². The highest BCUT2D eigenvalue weighted by atomic mass is 16.6. The van der Waals surface area contributed by atoms with Gasteiger partial charge in [-0.2, -0.15) is 5.10 Å². The molecule has 0 bridgehead atoms. The van der Waals surface area contributed by atoms with E-state index in [0.29, 0.717) is 42.0 Å². The van der Waals surface area contributed by atoms with Crippen LogP contribution in [0.15, 0.2) is 89.9 Å². The molecular formula is C39H41N7O4. The van der Waals surface area contributed by atoms with Crippen LogP contribution in [0.1, 0.15) is 61.5 Å². The molecular weight excluding hydrogens is 630 g/mol. The van der Waals surface area contributed by atoms with Crippen LogP contribution in [0.2, 0.25) is 0 Å². The van der Waals surface area contributed by atoms with Gasteiger partial charge >= 0.3 is 6.09 Å². The van der Waals surface area contributed by atoms with Crippen LogP contribution in [0.25, 0.3) is 22.7 Å². The lowest BCUT2D eigenvalue weighted by Gasteiger charge is -2.36. The minimum absolute atomic E-state index is 0.121. The number of hydrogen-bond acceptors (Lipinski definition) is 7. The van der Waals surface area contributed by atoms with Crippen molar-refractivity contribution < 1.29 is 14.3 Å². The largest absolute Gasteiger partial charge is 0.497 e. The Morgan fingerprint density at radius 3 is 2.34 bits per heavy atom. The summed E-state index contributed by atoms with van der Waals surface area (Å²) in [5, 5.41) is 13.7. The quantitative estimate of drug-likeness (QED) is 0.194. The molecule has 256 valence electrons. The highest BCUT2D eigenvalue weighted by molar-refractivity contribution is 5.69. The van der Waals surface area contributed by atoms with E-state index in [-0.39, 0.29) is 18.1 Å². The van der Waals surface area contributed by atoms with Gasteiger partial charge in [0.25, 0.3) is 5.56 Å². The Labute approximate surface area is 290 Å². The normalized spacial score (nSPS) is 14.5. The van der Waals surface area contributed by atoms with Crippen LogP contribution >= 0.6 is 0 Å². The second-order valence-electron chi connectivity index (χ2n) is 13.8. The van der Waals surface area contributed by atoms with Crippen molar-refractivity contribution in [2.75, 3.05) is 7.11 Å². The maximum Gasteiger partial charge on any atom is 0.410 e. The van der Waals surface area contributed by atoms with Gasteiger partial charge < -0.3 is 14.0 Å². The molecule has 1 atom stereocenters. The van der Waals surface area contributed by atoms with Gasteiger partial charge in [-0.1, -0.05) is 42.5 Å². The van der Waals surface area contributed by atoms with Crippen molar-refractivity contribution in [3.05, 3.63) is 129 Å². The number of ether oxygens (including phenoxy) is 2. The number of benzene rings is 3. The number of methoxy groups -OCH3 is 1. The van der Waals surface area contributed by atoms with Crippen LogP contribution in [-0.2, 0) is 30.7 Å². The summed E-state index contributed by atoms with van der Waals surface area (Å²) in [6.45, 7) is 10.3. The summed E-state index contributed by atoms with van der Waals surface area (Å²) in [7, 11) is 1.65. The zero-order valence-electron chi connectivity index (χ0n) is 29.3. The van der Waals surface area contributed by atoms with Gasteiger partial charge in [0.2, 0.25) is 0 Å². The van der Waals surface area contributed by atoms with Gasteiger partial charge in [-0.15, -0.1) is 10.2 Å². The number of fused-ring (bicyclic) bond motifs is 3. The Bertz CT molecular complexity index is 2230. The summed E-state index contributed by atoms with van der Waals surface area (Å²) >= 11 is 0. The van der Waals surface area contributed by atoms with E-state index in [0.717, 1.165) is 39.7 Å². The van der Waals surface area contributed by atoms with Gasteiger partial charge in [0.15, 0.2) is 5.82 Å². The van der Waals surface area contributed by atoms with E-state index in [2.05, 4.69) is 26.9 Å². The predicted molar refractivity (Wildman–Crippen MR) is 191 cm³/mol. The molecule has 0 radical (unpaired) electrons. The number of aryl methyl sites for hydroxylation is 1. The Balaban J connectivity index is 1.31. The van der Waals surface area contributed by atoms with Crippen LogP contribution in [0.3, 0.4) is 0 Å². The van der Waals surface area contributed by atoms with Crippen molar-refractivity contribution in [1.82, 2.24) is 33.8 Å². The number of carbonyl (C=O) groups is 1. The van der Waals surface area contributed by atoms with Crippen molar-refractivity contribution in [2.45, 2.75) is 72.2 Å². The molecule has 1 aliphatic rings. The molecule has 0 N–H and O–H groups in total. The maximum absolute atomic E-state index is 14.6. The molecule has 3 aromatic carbocycles. The Morgan fingerprint density at radius 1 is 0.940 bits per heavy atom. The number of nitrogens with zero attached hydrogens (tertiary/aromatic N) is 7. The number of rotatable bonds is 7. The molecule has 4 heterocycles. The smallest absolute Gasteiger partial charge is 0.410 e. The van der Waals surface area contributed by atoms with Gasteiger partial charge in [-0.3, -0.25) is 14.3 Å². The molecule has 0 saturated carbocycles. The first-order valence-electron chi connectivity index (χ1n) is 16.8. The van der Waals surface area contributed by atoms with E-state index in [1.165, 1.54) is 0 Å². The summed E-state index contributed by atoms with van der Waals surface area (Å²) < 4.78 is 16.7. The average molecular weight is 672 g/mol. The first-order chi connectivity index (χ1) is 24.0. The summed E-state index contributed by atoms with van der Waals surface area (Å²) in [6, 6.07) is 25.7. The second kappa shape index (κ2) is 13.0. The van der Waals surface area contributed by atoms with Crippen molar-refractivity contribution in [1.29, 1.82) is 0 Å². The summed E-state index contributed by atoms with van der Waals surface area (Å²) in [5.74, 6) is 2.33. The van der Waals surface area contributed by atoms with E-state index < -0.39 is 11.7 Å². The number of carbonyl (C=O) groups excluding carboxylic acids is 1. The Kier molecular flexibility index (Phi) is 8.51. The molecule has 11 heteroatoms. The zero-order valence-corrected chi connectivity index (χ0v) is 29.3. The van der Waals surface area contributed by atoms with E-state index in [9.17, 15) is 9.59 Å². The SMILES string of the molecule is COc1ccc(Cn2c(C)nnc2-c2ccc(-n3c(=O)c4c(n5ncc(Cc6ccccc6)c35)CN(C(=O)OC(C)(C)C)C(C)C4)cc2)cc1. The fourth-order valence-electron chi connectivity index (χ4n) is 6.59. The van der Waals surface area contributed by atoms with Gasteiger partial charge in [0.05, 0.1) is 37.8 Å². The third-order valence-electron chi connectivity index (χ3n) is 9.13. The van der Waals surface area contributed by atoms with E-state index in [4.69, 9.17) is 14.6 Å². The lowest BCUT2D eigenvalue weighted by atomic mass is 9.99. The molecule has 1 amide bonds. The van der Waals surface area contributed by atoms with Crippen LogP contribution < -0.4 is 10.3 Å². The summed E-state index contributed by atoms with van der Waals surface area (Å²) in [6.07, 6.45) is 2.38. The van der Waals surface area contributed by atoms with Crippen molar-refractivity contribution in [2.24, 2.45) is 0 Å². The zero-order chi connectivity index (χ0) is 35.2. The highest BCUT2D eigenvalue weighted by Crippen LogP contribution is 2.29. The van der Waals surface area contributed by atoms with Crippen LogP contribution in [0, 0.1) is 6.92 Å². The molecule has 7 rings (SSSR count). The second-order valence-corrected chi connectivity index (χ2v) is 13.8. The number of aromatic nitrogens is 6. The van der Waals surface area contributed by atoms with E-state index in [1.54, 1.807) is 16.6 Å². The third kappa shape index (κ3) is 6.26. The first kappa shape index (κ1) is 32.8. The highest BCUT2D eigenvalue weighted by Gasteiger charge is 2.35. The van der Waals surface area contributed by atoms with Crippen molar-refractivity contribution in [3.8, 4) is 22.8 Å². The molecule has 0 aliphatic carbocycles. The first-order valence-corrected chi connectivity index (χ1v) is 16.8. The molecule has 0 fully saturated rings. The summed E-state index contributed by atoms with van der Waals surface area (Å²) in [5.41, 5.74) is 5.93. The van der Waals surface area contributed by atoms with Crippen LogP contribution in [-0.4, -0.2) is 58.7 Å². The molecule has 0 saturated heterocycles. The van der Waals surface area contributed by atoms with Gasteiger partial charge in [0.1, 0.15) is 22.8 Å². The lowest BCUT2D eigenvalue weighted by molar-refractivity contribution is 0.0131. The standard InChI is InChI=1S/C39H41N7O4/c1-25-20-33-34(24-43(25)38(48)50-39(3,4)5)46-36(30(22-40-46)21-27-10-8-7-9-11-27)45(37(33)47)31-16-14-29(15-17-31)35-42-41-26(2)44(35)23-28-12-18-32(49-6)19-13-28/h7-19,22,25H,20-21,23-24H2,1-6H3. The average Bonchev–Trinajstić information content (AvgIpc) is 3.68. The van der Waals surface area contributed by atoms with Crippen molar-refractivity contribution >= 4 is 11.7 Å². The van der Waals surface area contributed by atoms with E-state index in [1.807, 2.05) is 112 Å². The molecule has 1 aliphatic heterocycles. The molecule has 3 aromatic heterocycles. The molecule has 0 spiro atoms. The number of amides is 1. The van der Waals surface area contributed by atoms with Gasteiger partial charge in [0, 0.05) is 35.6 Å².